The average molecular weight is 356 g/mol. The number of nitrogen functional groups attached to an aromatic ring is 1. The van der Waals surface area contributed by atoms with Crippen molar-refractivity contribution in [1.29, 1.82) is 0 Å². The lowest BCUT2D eigenvalue weighted by Crippen LogP contribution is -2.23. The average Bonchev–Trinajstić information content (AvgIpc) is 2.45. The van der Waals surface area contributed by atoms with Crippen molar-refractivity contribution < 1.29 is 4.39 Å². The second-order valence-corrected chi connectivity index (χ2v) is 7.07. The fourth-order valence-electron chi connectivity index (χ4n) is 1.76. The highest BCUT2D eigenvalue weighted by molar-refractivity contribution is 7.99. The molecule has 1 aromatic heterocycles. The Kier molecular flexibility index (Phi) is 5.64. The SMILES string of the molecule is CC(CSc1ccccc1Cl)Nc1nc(N)nc(C(C)(C)F)n1. The maximum absolute atomic E-state index is 14.0. The summed E-state index contributed by atoms with van der Waals surface area (Å²) in [6.45, 7) is 4.73. The molecule has 124 valence electrons. The summed E-state index contributed by atoms with van der Waals surface area (Å²) in [5.74, 6) is 1.02. The Hall–Kier alpha value is -1.60. The number of thioether (sulfide) groups is 1. The first-order valence-electron chi connectivity index (χ1n) is 7.10. The minimum absolute atomic E-state index is 0.00539. The van der Waals surface area contributed by atoms with E-state index < -0.39 is 5.67 Å². The van der Waals surface area contributed by atoms with E-state index >= 15 is 0 Å². The Balaban J connectivity index is 2.01. The van der Waals surface area contributed by atoms with Crippen LogP contribution in [0, 0.1) is 0 Å². The highest BCUT2D eigenvalue weighted by atomic mass is 35.5. The lowest BCUT2D eigenvalue weighted by atomic mass is 10.1. The van der Waals surface area contributed by atoms with Crippen molar-refractivity contribution in [3.63, 3.8) is 0 Å². The molecule has 2 rings (SSSR count). The number of alkyl halides is 1. The van der Waals surface area contributed by atoms with Gasteiger partial charge < -0.3 is 11.1 Å². The van der Waals surface area contributed by atoms with Crippen molar-refractivity contribution in [3.8, 4) is 0 Å². The third-order valence-corrected chi connectivity index (χ3v) is 4.66. The lowest BCUT2D eigenvalue weighted by molar-refractivity contribution is 0.206. The summed E-state index contributed by atoms with van der Waals surface area (Å²) in [6, 6.07) is 7.68. The second kappa shape index (κ2) is 7.31. The van der Waals surface area contributed by atoms with Gasteiger partial charge in [-0.3, -0.25) is 0 Å². The molecular formula is C15H19ClFN5S. The zero-order valence-corrected chi connectivity index (χ0v) is 14.7. The first-order valence-corrected chi connectivity index (χ1v) is 8.47. The molecule has 0 aliphatic heterocycles. The van der Waals surface area contributed by atoms with Crippen LogP contribution in [-0.2, 0) is 5.67 Å². The van der Waals surface area contributed by atoms with Gasteiger partial charge in [-0.25, -0.2) is 4.39 Å². The molecule has 3 N–H and O–H groups in total. The van der Waals surface area contributed by atoms with E-state index in [2.05, 4.69) is 20.3 Å². The minimum Gasteiger partial charge on any atom is -0.368 e. The van der Waals surface area contributed by atoms with E-state index in [4.69, 9.17) is 17.3 Å². The fourth-order valence-corrected chi connectivity index (χ4v) is 2.95. The third-order valence-electron chi connectivity index (χ3n) is 2.89. The molecule has 0 aliphatic rings. The van der Waals surface area contributed by atoms with Crippen molar-refractivity contribution in [2.75, 3.05) is 16.8 Å². The summed E-state index contributed by atoms with van der Waals surface area (Å²) in [5.41, 5.74) is 3.95. The Morgan fingerprint density at radius 2 is 2.00 bits per heavy atom. The highest BCUT2D eigenvalue weighted by Gasteiger charge is 2.24. The summed E-state index contributed by atoms with van der Waals surface area (Å²) >= 11 is 7.74. The van der Waals surface area contributed by atoms with Crippen LogP contribution in [0.25, 0.3) is 0 Å². The first-order chi connectivity index (χ1) is 10.8. The van der Waals surface area contributed by atoms with Crippen molar-refractivity contribution >= 4 is 35.3 Å². The van der Waals surface area contributed by atoms with E-state index in [-0.39, 0.29) is 23.8 Å². The standard InChI is InChI=1S/C15H19ClFN5S/c1-9(8-23-11-7-5-4-6-10(11)16)19-14-21-12(15(2,3)17)20-13(18)22-14/h4-7,9H,8H2,1-3H3,(H3,18,19,20,21,22). The second-order valence-electron chi connectivity index (χ2n) is 5.60. The molecule has 1 aromatic carbocycles. The Bertz CT molecular complexity index is 677. The maximum Gasteiger partial charge on any atom is 0.228 e. The quantitative estimate of drug-likeness (QED) is 0.765. The van der Waals surface area contributed by atoms with Crippen LogP contribution in [0.3, 0.4) is 0 Å². The number of hydrogen-bond donors (Lipinski definition) is 2. The molecule has 0 fully saturated rings. The first kappa shape index (κ1) is 17.7. The molecule has 0 aliphatic carbocycles. The number of hydrogen-bond acceptors (Lipinski definition) is 6. The molecule has 1 unspecified atom stereocenters. The number of nitrogens with two attached hydrogens (primary N) is 1. The number of nitrogens with zero attached hydrogens (tertiary/aromatic N) is 3. The third kappa shape index (κ3) is 5.21. The zero-order chi connectivity index (χ0) is 17.0. The van der Waals surface area contributed by atoms with Gasteiger partial charge in [-0.2, -0.15) is 15.0 Å². The molecule has 23 heavy (non-hydrogen) atoms. The minimum atomic E-state index is -1.68. The van der Waals surface area contributed by atoms with E-state index in [1.165, 1.54) is 13.8 Å². The molecule has 0 spiro atoms. The van der Waals surface area contributed by atoms with Gasteiger partial charge in [-0.05, 0) is 32.9 Å². The van der Waals surface area contributed by atoms with Crippen LogP contribution in [0.5, 0.6) is 0 Å². The lowest BCUT2D eigenvalue weighted by Gasteiger charge is -2.17. The van der Waals surface area contributed by atoms with Crippen molar-refractivity contribution in [1.82, 2.24) is 15.0 Å². The van der Waals surface area contributed by atoms with Gasteiger partial charge in [0.1, 0.15) is 0 Å². The van der Waals surface area contributed by atoms with Gasteiger partial charge in [0, 0.05) is 16.7 Å². The van der Waals surface area contributed by atoms with Gasteiger partial charge in [-0.15, -0.1) is 11.8 Å². The summed E-state index contributed by atoms with van der Waals surface area (Å²) in [6.07, 6.45) is 0. The number of anilines is 2. The van der Waals surface area contributed by atoms with Crippen LogP contribution < -0.4 is 11.1 Å². The molecule has 0 amide bonds. The number of nitrogens with one attached hydrogen (secondary N) is 1. The van der Waals surface area contributed by atoms with E-state index in [0.29, 0.717) is 0 Å². The molecule has 0 saturated heterocycles. The Morgan fingerprint density at radius 3 is 2.65 bits per heavy atom. The largest absolute Gasteiger partial charge is 0.368 e. The Morgan fingerprint density at radius 1 is 1.30 bits per heavy atom. The molecule has 1 heterocycles. The van der Waals surface area contributed by atoms with E-state index in [0.717, 1.165) is 15.7 Å². The van der Waals surface area contributed by atoms with Gasteiger partial charge in [-0.1, -0.05) is 23.7 Å². The molecule has 5 nitrogen and oxygen atoms in total. The summed E-state index contributed by atoms with van der Waals surface area (Å²) in [5, 5.41) is 3.83. The number of halogens is 2. The zero-order valence-electron chi connectivity index (χ0n) is 13.2. The highest BCUT2D eigenvalue weighted by Crippen LogP contribution is 2.27. The van der Waals surface area contributed by atoms with Crippen molar-refractivity contribution in [2.45, 2.75) is 37.4 Å². The van der Waals surface area contributed by atoms with E-state index in [1.54, 1.807) is 11.8 Å². The Labute approximate surface area is 144 Å². The number of rotatable bonds is 6. The summed E-state index contributed by atoms with van der Waals surface area (Å²) in [7, 11) is 0. The molecule has 0 radical (unpaired) electrons. The monoisotopic (exact) mass is 355 g/mol. The van der Waals surface area contributed by atoms with Crippen LogP contribution in [0.2, 0.25) is 5.02 Å². The molecule has 0 saturated carbocycles. The van der Waals surface area contributed by atoms with Crippen molar-refractivity contribution in [3.05, 3.63) is 35.1 Å². The number of benzene rings is 1. The van der Waals surface area contributed by atoms with Crippen LogP contribution in [0.4, 0.5) is 16.3 Å². The van der Waals surface area contributed by atoms with E-state index in [1.807, 2.05) is 31.2 Å². The molecular weight excluding hydrogens is 337 g/mol. The summed E-state index contributed by atoms with van der Waals surface area (Å²) < 4.78 is 14.0. The van der Waals surface area contributed by atoms with Gasteiger partial charge >= 0.3 is 0 Å². The molecule has 1 atom stereocenters. The predicted molar refractivity (Wildman–Crippen MR) is 93.6 cm³/mol. The van der Waals surface area contributed by atoms with Crippen LogP contribution in [0.1, 0.15) is 26.6 Å². The van der Waals surface area contributed by atoms with Gasteiger partial charge in [0.25, 0.3) is 0 Å². The van der Waals surface area contributed by atoms with Gasteiger partial charge in [0.05, 0.1) is 5.02 Å². The van der Waals surface area contributed by atoms with E-state index in [9.17, 15) is 4.39 Å². The normalized spacial score (nSPS) is 12.9. The van der Waals surface area contributed by atoms with Crippen LogP contribution in [-0.4, -0.2) is 26.7 Å². The van der Waals surface area contributed by atoms with Crippen LogP contribution in [0.15, 0.2) is 29.2 Å². The van der Waals surface area contributed by atoms with Gasteiger partial charge in [0.2, 0.25) is 11.9 Å². The topological polar surface area (TPSA) is 76.7 Å². The van der Waals surface area contributed by atoms with Crippen molar-refractivity contribution in [2.24, 2.45) is 0 Å². The van der Waals surface area contributed by atoms with Gasteiger partial charge in [0.15, 0.2) is 11.5 Å². The molecule has 0 bridgehead atoms. The smallest absolute Gasteiger partial charge is 0.228 e. The predicted octanol–water partition coefficient (Wildman–Crippen LogP) is 3.90. The van der Waals surface area contributed by atoms with Crippen LogP contribution >= 0.6 is 23.4 Å². The number of aromatic nitrogens is 3. The maximum atomic E-state index is 14.0. The molecule has 8 heteroatoms. The molecule has 2 aromatic rings. The fraction of sp³-hybridized carbons (Fsp3) is 0.400. The summed E-state index contributed by atoms with van der Waals surface area (Å²) in [4.78, 5) is 12.9.